The predicted octanol–water partition coefficient (Wildman–Crippen LogP) is 0.693. The number of hydrogen-bond donors (Lipinski definition) is 0. The number of carbonyl (C=O) groups is 2. The standard InChI is InChI=1S/C8H14O3S/c1-7(9)3-5-12(11)6-4-8(2)10/h3-6H2,1-2H3. The minimum atomic E-state index is -1.00. The van der Waals surface area contributed by atoms with Crippen LogP contribution in [0.25, 0.3) is 0 Å². The molecule has 0 fully saturated rings. The molecule has 0 atom stereocenters. The van der Waals surface area contributed by atoms with Crippen LogP contribution in [-0.4, -0.2) is 27.6 Å². The Morgan fingerprint density at radius 1 is 1.08 bits per heavy atom. The van der Waals surface area contributed by atoms with Gasteiger partial charge in [0.1, 0.15) is 23.1 Å². The fourth-order valence-electron chi connectivity index (χ4n) is 0.617. The zero-order valence-electron chi connectivity index (χ0n) is 7.46. The molecule has 0 N–H and O–H groups in total. The first-order valence-corrected chi connectivity index (χ1v) is 5.35. The van der Waals surface area contributed by atoms with Crippen LogP contribution < -0.4 is 0 Å². The molecule has 0 saturated heterocycles. The lowest BCUT2D eigenvalue weighted by molar-refractivity contribution is -0.117. The summed E-state index contributed by atoms with van der Waals surface area (Å²) in [6.07, 6.45) is 0.703. The van der Waals surface area contributed by atoms with Gasteiger partial charge >= 0.3 is 0 Å². The lowest BCUT2D eigenvalue weighted by atomic mass is 10.3. The molecule has 0 aromatic rings. The molecule has 12 heavy (non-hydrogen) atoms. The van der Waals surface area contributed by atoms with Crippen LogP contribution in [0.5, 0.6) is 0 Å². The first-order chi connectivity index (χ1) is 5.52. The molecule has 0 aliphatic heterocycles. The first-order valence-electron chi connectivity index (χ1n) is 3.86. The van der Waals surface area contributed by atoms with Gasteiger partial charge in [0.05, 0.1) is 12.8 Å². The second-order valence-corrected chi connectivity index (χ2v) is 4.45. The Labute approximate surface area is 75.7 Å². The number of hydrogen-bond acceptors (Lipinski definition) is 3. The minimum absolute atomic E-state index is 0.0474. The molecule has 0 aromatic carbocycles. The van der Waals surface area contributed by atoms with E-state index in [-0.39, 0.29) is 11.6 Å². The van der Waals surface area contributed by atoms with Gasteiger partial charge in [-0.3, -0.25) is 9.59 Å². The van der Waals surface area contributed by atoms with E-state index < -0.39 is 11.2 Å². The van der Waals surface area contributed by atoms with Crippen LogP contribution in [0.2, 0.25) is 0 Å². The van der Waals surface area contributed by atoms with Crippen LogP contribution in [0.3, 0.4) is 0 Å². The van der Waals surface area contributed by atoms with E-state index in [1.54, 1.807) is 0 Å². The van der Waals surface area contributed by atoms with Crippen molar-refractivity contribution in [3.8, 4) is 0 Å². The SMILES string of the molecule is CC(=O)CC[S+]([O-])CCC(C)=O. The molecule has 0 heterocycles. The summed E-state index contributed by atoms with van der Waals surface area (Å²) in [5.41, 5.74) is 0. The lowest BCUT2D eigenvalue weighted by Crippen LogP contribution is -2.15. The fraction of sp³-hybridized carbons (Fsp3) is 0.750. The van der Waals surface area contributed by atoms with Gasteiger partial charge in [0, 0.05) is 0 Å². The summed E-state index contributed by atoms with van der Waals surface area (Å²) in [6, 6.07) is 0. The molecule has 0 aliphatic rings. The summed E-state index contributed by atoms with van der Waals surface area (Å²) in [4.78, 5) is 21.0. The Hall–Kier alpha value is -0.350. The number of rotatable bonds is 6. The normalized spacial score (nSPS) is 10.3. The van der Waals surface area contributed by atoms with Gasteiger partial charge in [0.15, 0.2) is 0 Å². The van der Waals surface area contributed by atoms with Gasteiger partial charge in [0.25, 0.3) is 0 Å². The third kappa shape index (κ3) is 7.75. The molecule has 0 amide bonds. The predicted molar refractivity (Wildman–Crippen MR) is 48.5 cm³/mol. The zero-order valence-corrected chi connectivity index (χ0v) is 8.28. The second-order valence-electron chi connectivity index (χ2n) is 2.75. The largest absolute Gasteiger partial charge is 0.616 e. The molecule has 0 spiro atoms. The van der Waals surface area contributed by atoms with Crippen LogP contribution in [0.1, 0.15) is 26.7 Å². The van der Waals surface area contributed by atoms with Gasteiger partial charge in [0.2, 0.25) is 0 Å². The summed E-state index contributed by atoms with van der Waals surface area (Å²) >= 11 is -1.00. The summed E-state index contributed by atoms with van der Waals surface area (Å²) < 4.78 is 11.1. The van der Waals surface area contributed by atoms with Crippen LogP contribution >= 0.6 is 0 Å². The van der Waals surface area contributed by atoms with Gasteiger partial charge in [-0.1, -0.05) is 11.2 Å². The molecular weight excluding hydrogens is 176 g/mol. The van der Waals surface area contributed by atoms with E-state index in [0.29, 0.717) is 24.3 Å². The van der Waals surface area contributed by atoms with Crippen molar-refractivity contribution in [2.24, 2.45) is 0 Å². The molecule has 0 aliphatic carbocycles. The van der Waals surface area contributed by atoms with E-state index in [2.05, 4.69) is 0 Å². The first kappa shape index (κ1) is 11.6. The summed E-state index contributed by atoms with van der Waals surface area (Å²) in [5.74, 6) is 0.878. The van der Waals surface area contributed by atoms with Crippen molar-refractivity contribution < 1.29 is 14.1 Å². The highest BCUT2D eigenvalue weighted by atomic mass is 32.2. The fourth-order valence-corrected chi connectivity index (χ4v) is 1.85. The Balaban J connectivity index is 3.39. The molecule has 0 saturated carbocycles. The number of Topliss-reactive ketones (excluding diaryl/α,β-unsaturated/α-hetero) is 2. The van der Waals surface area contributed by atoms with Gasteiger partial charge in [-0.05, 0) is 13.8 Å². The molecule has 0 rings (SSSR count). The average molecular weight is 190 g/mol. The average Bonchev–Trinajstić information content (AvgIpc) is 1.96. The zero-order chi connectivity index (χ0) is 9.56. The van der Waals surface area contributed by atoms with Crippen molar-refractivity contribution in [1.29, 1.82) is 0 Å². The van der Waals surface area contributed by atoms with Gasteiger partial charge < -0.3 is 4.55 Å². The van der Waals surface area contributed by atoms with Crippen molar-refractivity contribution in [2.75, 3.05) is 11.5 Å². The van der Waals surface area contributed by atoms with Crippen molar-refractivity contribution in [2.45, 2.75) is 26.7 Å². The molecule has 4 heteroatoms. The van der Waals surface area contributed by atoms with Crippen molar-refractivity contribution >= 4 is 22.7 Å². The minimum Gasteiger partial charge on any atom is -0.616 e. The van der Waals surface area contributed by atoms with Gasteiger partial charge in [-0.25, -0.2) is 0 Å². The summed E-state index contributed by atoms with van der Waals surface area (Å²) in [7, 11) is 0. The van der Waals surface area contributed by atoms with Crippen molar-refractivity contribution in [3.05, 3.63) is 0 Å². The highest BCUT2D eigenvalue weighted by Gasteiger charge is 2.08. The maximum atomic E-state index is 11.1. The lowest BCUT2D eigenvalue weighted by Gasteiger charge is -2.08. The van der Waals surface area contributed by atoms with E-state index in [0.717, 1.165) is 0 Å². The van der Waals surface area contributed by atoms with Crippen molar-refractivity contribution in [1.82, 2.24) is 0 Å². The Kier molecular flexibility index (Phi) is 6.02. The van der Waals surface area contributed by atoms with Crippen LogP contribution in [0, 0.1) is 0 Å². The highest BCUT2D eigenvalue weighted by molar-refractivity contribution is 7.91. The van der Waals surface area contributed by atoms with Crippen LogP contribution in [0.4, 0.5) is 0 Å². The van der Waals surface area contributed by atoms with E-state index in [4.69, 9.17) is 0 Å². The quantitative estimate of drug-likeness (QED) is 0.579. The third-order valence-corrected chi connectivity index (χ3v) is 2.68. The van der Waals surface area contributed by atoms with Crippen molar-refractivity contribution in [3.63, 3.8) is 0 Å². The Bertz CT molecular complexity index is 150. The van der Waals surface area contributed by atoms with E-state index in [1.807, 2.05) is 0 Å². The topological polar surface area (TPSA) is 57.2 Å². The third-order valence-electron chi connectivity index (χ3n) is 1.36. The molecular formula is C8H14O3S. The van der Waals surface area contributed by atoms with Gasteiger partial charge in [-0.15, -0.1) is 0 Å². The molecule has 0 aromatic heterocycles. The van der Waals surface area contributed by atoms with E-state index in [1.165, 1.54) is 13.8 Å². The molecule has 70 valence electrons. The Morgan fingerprint density at radius 2 is 1.42 bits per heavy atom. The maximum absolute atomic E-state index is 11.1. The Morgan fingerprint density at radius 3 is 1.67 bits per heavy atom. The summed E-state index contributed by atoms with van der Waals surface area (Å²) in [6.45, 7) is 2.95. The smallest absolute Gasteiger partial charge is 0.134 e. The second kappa shape index (κ2) is 6.20. The number of carbonyl (C=O) groups excluding carboxylic acids is 2. The molecule has 0 radical (unpaired) electrons. The molecule has 0 unspecified atom stereocenters. The van der Waals surface area contributed by atoms with Crippen LogP contribution in [-0.2, 0) is 20.8 Å². The highest BCUT2D eigenvalue weighted by Crippen LogP contribution is 1.98. The monoisotopic (exact) mass is 190 g/mol. The number of ketones is 2. The van der Waals surface area contributed by atoms with E-state index >= 15 is 0 Å². The van der Waals surface area contributed by atoms with E-state index in [9.17, 15) is 14.1 Å². The van der Waals surface area contributed by atoms with Gasteiger partial charge in [-0.2, -0.15) is 0 Å². The van der Waals surface area contributed by atoms with Crippen LogP contribution in [0.15, 0.2) is 0 Å². The molecule has 3 nitrogen and oxygen atoms in total. The summed E-state index contributed by atoms with van der Waals surface area (Å²) in [5, 5.41) is 0. The maximum Gasteiger partial charge on any atom is 0.134 e. The molecule has 0 bridgehead atoms.